The second-order valence-corrected chi connectivity index (χ2v) is 6.80. The van der Waals surface area contributed by atoms with Crippen LogP contribution in [0.15, 0.2) is 24.5 Å². The summed E-state index contributed by atoms with van der Waals surface area (Å²) in [7, 11) is 0. The van der Waals surface area contributed by atoms with Gasteiger partial charge in [-0.25, -0.2) is 0 Å². The van der Waals surface area contributed by atoms with E-state index in [1.165, 1.54) is 18.4 Å². The number of hydrogen-bond acceptors (Lipinski definition) is 4. The molecule has 118 valence electrons. The van der Waals surface area contributed by atoms with Crippen LogP contribution in [0.5, 0.6) is 0 Å². The summed E-state index contributed by atoms with van der Waals surface area (Å²) in [6.45, 7) is 3.71. The number of pyridine rings is 1. The van der Waals surface area contributed by atoms with Crippen molar-refractivity contribution in [1.82, 2.24) is 20.7 Å². The van der Waals surface area contributed by atoms with Gasteiger partial charge in [0.1, 0.15) is 0 Å². The molecular weight excluding hydrogens is 276 g/mol. The van der Waals surface area contributed by atoms with Gasteiger partial charge < -0.3 is 4.90 Å². The van der Waals surface area contributed by atoms with Crippen molar-refractivity contribution >= 4 is 5.91 Å². The van der Waals surface area contributed by atoms with Crippen LogP contribution in [0.1, 0.15) is 37.7 Å². The monoisotopic (exact) mass is 300 g/mol. The van der Waals surface area contributed by atoms with Gasteiger partial charge in [0, 0.05) is 37.6 Å². The third-order valence-corrected chi connectivity index (χ3v) is 5.87. The first-order valence-electron chi connectivity index (χ1n) is 8.48. The lowest BCUT2D eigenvalue weighted by Gasteiger charge is -2.50. The number of rotatable bonds is 2. The van der Waals surface area contributed by atoms with Crippen LogP contribution in [0.2, 0.25) is 0 Å². The molecule has 1 amide bonds. The number of likely N-dealkylation sites (tertiary alicyclic amines) is 1. The Bertz CT molecular complexity index is 549. The number of carbonyl (C=O) groups excluding carboxylic acids is 1. The molecule has 0 radical (unpaired) electrons. The molecule has 1 aliphatic carbocycles. The van der Waals surface area contributed by atoms with Crippen LogP contribution in [-0.2, 0) is 4.79 Å². The smallest absolute Gasteiger partial charge is 0.228 e. The lowest BCUT2D eigenvalue weighted by Crippen LogP contribution is -2.61. The van der Waals surface area contributed by atoms with Crippen molar-refractivity contribution in [3.63, 3.8) is 0 Å². The van der Waals surface area contributed by atoms with Crippen molar-refractivity contribution in [2.24, 2.45) is 11.8 Å². The lowest BCUT2D eigenvalue weighted by molar-refractivity contribution is -0.146. The molecule has 5 heteroatoms. The molecule has 1 saturated carbocycles. The van der Waals surface area contributed by atoms with Gasteiger partial charge in [-0.05, 0) is 55.7 Å². The van der Waals surface area contributed by atoms with Gasteiger partial charge in [-0.15, -0.1) is 0 Å². The zero-order valence-corrected chi connectivity index (χ0v) is 13.0. The largest absolute Gasteiger partial charge is 0.339 e. The van der Waals surface area contributed by atoms with E-state index in [4.69, 9.17) is 0 Å². The predicted octanol–water partition coefficient (Wildman–Crippen LogP) is 1.29. The summed E-state index contributed by atoms with van der Waals surface area (Å²) in [5, 5.41) is 0. The number of amides is 1. The third-order valence-electron chi connectivity index (χ3n) is 5.87. The van der Waals surface area contributed by atoms with Crippen LogP contribution < -0.4 is 10.9 Å². The zero-order valence-electron chi connectivity index (χ0n) is 13.0. The second kappa shape index (κ2) is 5.63. The number of hydrogen-bond donors (Lipinski definition) is 2. The Kier molecular flexibility index (Phi) is 3.62. The van der Waals surface area contributed by atoms with E-state index in [9.17, 15) is 4.79 Å². The Morgan fingerprint density at radius 3 is 2.91 bits per heavy atom. The molecule has 3 heterocycles. The Hall–Kier alpha value is -1.46. The van der Waals surface area contributed by atoms with Crippen LogP contribution in [0, 0.1) is 11.8 Å². The zero-order chi connectivity index (χ0) is 15.1. The standard InChI is InChI=1S/C17H24N4O/c1-2-21-15-9-12(11-5-7-18-8-6-11)3-4-13(15)16-14(17(21)22)10-19-20-16/h5-8,12-16,19-20H,2-4,9-10H2,1H3. The number of piperidine rings is 1. The van der Waals surface area contributed by atoms with Gasteiger partial charge in [0.25, 0.3) is 0 Å². The fourth-order valence-corrected chi connectivity index (χ4v) is 4.81. The van der Waals surface area contributed by atoms with Crippen LogP contribution in [-0.4, -0.2) is 41.0 Å². The molecule has 2 saturated heterocycles. The summed E-state index contributed by atoms with van der Waals surface area (Å²) in [5.74, 6) is 1.59. The van der Waals surface area contributed by atoms with Crippen molar-refractivity contribution in [2.75, 3.05) is 13.1 Å². The quantitative estimate of drug-likeness (QED) is 0.864. The molecule has 2 N–H and O–H groups in total. The Morgan fingerprint density at radius 1 is 1.32 bits per heavy atom. The SMILES string of the molecule is CCN1C(=O)C2CNNC2C2CCC(c3ccncc3)CC21. The molecular formula is C17H24N4O. The average Bonchev–Trinajstić information content (AvgIpc) is 3.06. The molecule has 22 heavy (non-hydrogen) atoms. The van der Waals surface area contributed by atoms with Gasteiger partial charge in [0.2, 0.25) is 5.91 Å². The predicted molar refractivity (Wildman–Crippen MR) is 83.9 cm³/mol. The number of nitrogens with one attached hydrogen (secondary N) is 2. The van der Waals surface area contributed by atoms with Gasteiger partial charge in [0.15, 0.2) is 0 Å². The van der Waals surface area contributed by atoms with Crippen LogP contribution >= 0.6 is 0 Å². The average molecular weight is 300 g/mol. The van der Waals surface area contributed by atoms with Crippen molar-refractivity contribution in [3.05, 3.63) is 30.1 Å². The molecule has 3 aliphatic rings. The van der Waals surface area contributed by atoms with E-state index in [1.54, 1.807) is 0 Å². The maximum atomic E-state index is 12.8. The summed E-state index contributed by atoms with van der Waals surface area (Å²) in [6, 6.07) is 4.95. The maximum Gasteiger partial charge on any atom is 0.228 e. The molecule has 5 nitrogen and oxygen atoms in total. The van der Waals surface area contributed by atoms with Crippen molar-refractivity contribution in [3.8, 4) is 0 Å². The van der Waals surface area contributed by atoms with Crippen molar-refractivity contribution in [1.29, 1.82) is 0 Å². The van der Waals surface area contributed by atoms with E-state index in [1.807, 2.05) is 12.4 Å². The normalized spacial score (nSPS) is 37.8. The molecule has 5 unspecified atom stereocenters. The van der Waals surface area contributed by atoms with E-state index >= 15 is 0 Å². The van der Waals surface area contributed by atoms with E-state index in [0.717, 1.165) is 19.5 Å². The third kappa shape index (κ3) is 2.15. The van der Waals surface area contributed by atoms with Gasteiger partial charge in [-0.1, -0.05) is 0 Å². The van der Waals surface area contributed by atoms with E-state index < -0.39 is 0 Å². The molecule has 2 aliphatic heterocycles. The van der Waals surface area contributed by atoms with Gasteiger partial charge in [-0.2, -0.15) is 0 Å². The summed E-state index contributed by atoms with van der Waals surface area (Å²) < 4.78 is 0. The van der Waals surface area contributed by atoms with Gasteiger partial charge >= 0.3 is 0 Å². The maximum absolute atomic E-state index is 12.8. The van der Waals surface area contributed by atoms with Crippen molar-refractivity contribution < 1.29 is 4.79 Å². The highest BCUT2D eigenvalue weighted by atomic mass is 16.2. The Morgan fingerprint density at radius 2 is 2.14 bits per heavy atom. The number of hydrazine groups is 1. The highest BCUT2D eigenvalue weighted by Crippen LogP contribution is 2.44. The Balaban J connectivity index is 1.60. The summed E-state index contributed by atoms with van der Waals surface area (Å²) in [6.07, 6.45) is 7.24. The highest BCUT2D eigenvalue weighted by Gasteiger charge is 2.51. The van der Waals surface area contributed by atoms with Crippen LogP contribution in [0.3, 0.4) is 0 Å². The topological polar surface area (TPSA) is 57.3 Å². The number of carbonyl (C=O) groups is 1. The number of aromatic nitrogens is 1. The second-order valence-electron chi connectivity index (χ2n) is 6.80. The van der Waals surface area contributed by atoms with Crippen molar-refractivity contribution in [2.45, 2.75) is 44.2 Å². The van der Waals surface area contributed by atoms with E-state index in [2.05, 4.69) is 39.8 Å². The fourth-order valence-electron chi connectivity index (χ4n) is 4.81. The summed E-state index contributed by atoms with van der Waals surface area (Å²) in [5.41, 5.74) is 7.96. The molecule has 5 atom stereocenters. The fraction of sp³-hybridized carbons (Fsp3) is 0.647. The minimum Gasteiger partial charge on any atom is -0.339 e. The van der Waals surface area contributed by atoms with Crippen LogP contribution in [0.25, 0.3) is 0 Å². The molecule has 3 fully saturated rings. The van der Waals surface area contributed by atoms with Crippen LogP contribution in [0.4, 0.5) is 0 Å². The minimum absolute atomic E-state index is 0.124. The Labute approximate surface area is 131 Å². The molecule has 1 aromatic heterocycles. The minimum atomic E-state index is 0.124. The van der Waals surface area contributed by atoms with Gasteiger partial charge in [-0.3, -0.25) is 20.6 Å². The highest BCUT2D eigenvalue weighted by molar-refractivity contribution is 5.81. The molecule has 0 bridgehead atoms. The summed E-state index contributed by atoms with van der Waals surface area (Å²) >= 11 is 0. The molecule has 1 aromatic rings. The first kappa shape index (κ1) is 14.2. The molecule has 4 rings (SSSR count). The van der Waals surface area contributed by atoms with E-state index in [-0.39, 0.29) is 5.92 Å². The number of fused-ring (bicyclic) bond motifs is 3. The molecule has 0 spiro atoms. The number of nitrogens with zero attached hydrogens (tertiary/aromatic N) is 2. The lowest BCUT2D eigenvalue weighted by atomic mass is 9.67. The molecule has 0 aromatic carbocycles. The summed E-state index contributed by atoms with van der Waals surface area (Å²) in [4.78, 5) is 19.0. The van der Waals surface area contributed by atoms with E-state index in [0.29, 0.717) is 29.8 Å². The first-order valence-corrected chi connectivity index (χ1v) is 8.48. The van der Waals surface area contributed by atoms with Gasteiger partial charge in [0.05, 0.1) is 5.92 Å². The first-order chi connectivity index (χ1) is 10.8.